The van der Waals surface area contributed by atoms with Crippen LogP contribution in [0.5, 0.6) is 0 Å². The van der Waals surface area contributed by atoms with Crippen LogP contribution in [0.15, 0.2) is 66.2 Å². The SMILES string of the molecule is CCCC[C@H](NC(=O)O[C@H](Cn1cnc(-c2ccc(C)cc2)c1)C(C)(C)C)[C@@H](O)CNS(=O)(=O)c1ccccn1. The van der Waals surface area contributed by atoms with Gasteiger partial charge >= 0.3 is 6.09 Å². The number of hydrogen-bond acceptors (Lipinski definition) is 7. The molecule has 10 nitrogen and oxygen atoms in total. The number of alkyl carbamates (subject to hydrolysis) is 1. The van der Waals surface area contributed by atoms with E-state index in [4.69, 9.17) is 4.74 Å². The number of nitrogens with zero attached hydrogens (tertiary/aromatic N) is 3. The predicted molar refractivity (Wildman–Crippen MR) is 154 cm³/mol. The molecule has 1 aromatic carbocycles. The van der Waals surface area contributed by atoms with Crippen molar-refractivity contribution >= 4 is 16.1 Å². The fraction of sp³-hybridized carbons (Fsp3) is 0.483. The number of unbranched alkanes of at least 4 members (excludes halogenated alkanes) is 1. The lowest BCUT2D eigenvalue weighted by molar-refractivity contribution is 0.0145. The van der Waals surface area contributed by atoms with Crippen molar-refractivity contribution < 1.29 is 23.1 Å². The Morgan fingerprint density at radius 1 is 1.12 bits per heavy atom. The number of aryl methyl sites for hydroxylation is 1. The van der Waals surface area contributed by atoms with E-state index in [9.17, 15) is 18.3 Å². The van der Waals surface area contributed by atoms with Crippen molar-refractivity contribution in [2.45, 2.75) is 83.7 Å². The Bertz CT molecular complexity index is 1320. The maximum atomic E-state index is 13.0. The van der Waals surface area contributed by atoms with Crippen LogP contribution in [-0.4, -0.2) is 58.9 Å². The number of rotatable bonds is 13. The van der Waals surface area contributed by atoms with Crippen molar-refractivity contribution in [3.8, 4) is 11.3 Å². The highest BCUT2D eigenvalue weighted by Gasteiger charge is 2.31. The number of carbonyl (C=O) groups is 1. The highest BCUT2D eigenvalue weighted by Crippen LogP contribution is 2.25. The van der Waals surface area contributed by atoms with Crippen LogP contribution in [0.2, 0.25) is 0 Å². The Kier molecular flexibility index (Phi) is 10.8. The van der Waals surface area contributed by atoms with Gasteiger partial charge in [0.25, 0.3) is 10.0 Å². The molecule has 0 saturated heterocycles. The molecule has 218 valence electrons. The van der Waals surface area contributed by atoms with E-state index >= 15 is 0 Å². The summed E-state index contributed by atoms with van der Waals surface area (Å²) in [5, 5.41) is 13.4. The molecule has 3 rings (SSSR count). The number of aromatic nitrogens is 3. The normalized spacial score (nSPS) is 14.3. The lowest BCUT2D eigenvalue weighted by Crippen LogP contribution is -2.50. The van der Waals surface area contributed by atoms with Crippen molar-refractivity contribution in [3.05, 3.63) is 66.7 Å². The molecule has 0 unspecified atom stereocenters. The topological polar surface area (TPSA) is 135 Å². The minimum absolute atomic E-state index is 0.141. The summed E-state index contributed by atoms with van der Waals surface area (Å²) in [6, 6.07) is 12.0. The van der Waals surface area contributed by atoms with Crippen LogP contribution in [0.4, 0.5) is 4.79 Å². The molecule has 0 bridgehead atoms. The molecule has 0 aliphatic carbocycles. The second kappa shape index (κ2) is 13.9. The van der Waals surface area contributed by atoms with Crippen LogP contribution in [0.1, 0.15) is 52.5 Å². The molecule has 3 aromatic rings. The highest BCUT2D eigenvalue weighted by molar-refractivity contribution is 7.89. The fourth-order valence-corrected chi connectivity index (χ4v) is 5.02. The Labute approximate surface area is 237 Å². The first-order valence-corrected chi connectivity index (χ1v) is 15.0. The molecule has 0 fully saturated rings. The third-order valence-electron chi connectivity index (χ3n) is 6.60. The van der Waals surface area contributed by atoms with E-state index in [1.807, 2.05) is 69.6 Å². The predicted octanol–water partition coefficient (Wildman–Crippen LogP) is 4.29. The van der Waals surface area contributed by atoms with E-state index in [2.05, 4.69) is 20.0 Å². The maximum Gasteiger partial charge on any atom is 0.407 e. The van der Waals surface area contributed by atoms with Gasteiger partial charge in [0.15, 0.2) is 5.03 Å². The third-order valence-corrected chi connectivity index (χ3v) is 7.94. The zero-order chi connectivity index (χ0) is 29.3. The number of imidazole rings is 1. The molecule has 0 saturated carbocycles. The van der Waals surface area contributed by atoms with E-state index in [0.29, 0.717) is 13.0 Å². The van der Waals surface area contributed by atoms with Gasteiger partial charge in [-0.1, -0.05) is 76.4 Å². The van der Waals surface area contributed by atoms with Gasteiger partial charge in [0.05, 0.1) is 30.7 Å². The number of carbonyl (C=O) groups excluding carboxylic acids is 1. The number of amides is 1. The zero-order valence-electron chi connectivity index (χ0n) is 23.9. The van der Waals surface area contributed by atoms with Crippen LogP contribution >= 0.6 is 0 Å². The van der Waals surface area contributed by atoms with Gasteiger partial charge in [0.1, 0.15) is 6.10 Å². The van der Waals surface area contributed by atoms with Crippen LogP contribution in [0.25, 0.3) is 11.3 Å². The van der Waals surface area contributed by atoms with Gasteiger partial charge in [-0.05, 0) is 25.5 Å². The van der Waals surface area contributed by atoms with Crippen molar-refractivity contribution in [1.82, 2.24) is 24.6 Å². The summed E-state index contributed by atoms with van der Waals surface area (Å²) in [5.41, 5.74) is 2.61. The lowest BCUT2D eigenvalue weighted by atomic mass is 9.89. The van der Waals surface area contributed by atoms with Gasteiger partial charge in [-0.3, -0.25) is 0 Å². The van der Waals surface area contributed by atoms with Gasteiger partial charge in [-0.2, -0.15) is 0 Å². The molecule has 3 N–H and O–H groups in total. The summed E-state index contributed by atoms with van der Waals surface area (Å²) in [7, 11) is -3.90. The molecular formula is C29H41N5O5S. The number of benzene rings is 1. The summed E-state index contributed by atoms with van der Waals surface area (Å²) in [4.78, 5) is 21.4. The van der Waals surface area contributed by atoms with Crippen molar-refractivity contribution in [1.29, 1.82) is 0 Å². The number of ether oxygens (including phenoxy) is 1. The Morgan fingerprint density at radius 2 is 1.85 bits per heavy atom. The molecule has 0 radical (unpaired) electrons. The summed E-state index contributed by atoms with van der Waals surface area (Å²) in [6.07, 6.45) is 4.71. The monoisotopic (exact) mass is 571 g/mol. The molecule has 0 aliphatic heterocycles. The minimum Gasteiger partial charge on any atom is -0.444 e. The van der Waals surface area contributed by atoms with Crippen LogP contribution in [-0.2, 0) is 21.3 Å². The first kappa shape index (κ1) is 31.3. The number of sulfonamides is 1. The molecule has 1 amide bonds. The maximum absolute atomic E-state index is 13.0. The third kappa shape index (κ3) is 9.14. The largest absolute Gasteiger partial charge is 0.444 e. The summed E-state index contributed by atoms with van der Waals surface area (Å²) in [5.74, 6) is 0. The second-order valence-corrected chi connectivity index (χ2v) is 12.8. The van der Waals surface area contributed by atoms with E-state index in [1.54, 1.807) is 18.5 Å². The first-order chi connectivity index (χ1) is 18.9. The number of aliphatic hydroxyl groups excluding tert-OH is 1. The number of hydrogen-bond donors (Lipinski definition) is 3. The number of nitrogens with one attached hydrogen (secondary N) is 2. The number of aliphatic hydroxyl groups is 1. The first-order valence-electron chi connectivity index (χ1n) is 13.5. The van der Waals surface area contributed by atoms with Gasteiger partial charge in [-0.25, -0.2) is 27.9 Å². The molecule has 0 aliphatic rings. The molecule has 2 heterocycles. The Hall–Kier alpha value is -3.28. The Morgan fingerprint density at radius 3 is 2.48 bits per heavy atom. The molecule has 11 heteroatoms. The molecule has 40 heavy (non-hydrogen) atoms. The average molecular weight is 572 g/mol. The zero-order valence-corrected chi connectivity index (χ0v) is 24.7. The smallest absolute Gasteiger partial charge is 0.407 e. The van der Waals surface area contributed by atoms with Gasteiger partial charge in [-0.15, -0.1) is 0 Å². The van der Waals surface area contributed by atoms with Crippen LogP contribution < -0.4 is 10.0 Å². The average Bonchev–Trinajstić information content (AvgIpc) is 3.38. The van der Waals surface area contributed by atoms with E-state index in [0.717, 1.165) is 24.1 Å². The standard InChI is InChI=1S/C29H41N5O5S/c1-6-7-10-23(25(35)17-32-40(37,38)27-11-8-9-16-30-27)33-28(36)39-26(29(3,4)5)19-34-18-24(31-20-34)22-14-12-21(2)13-15-22/h8-9,11-16,18,20,23,25-26,32,35H,6-7,10,17,19H2,1-5H3,(H,33,36)/t23-,25-,26+/m0/s1. The van der Waals surface area contributed by atoms with Gasteiger partial charge < -0.3 is 19.7 Å². The second-order valence-electron chi connectivity index (χ2n) is 11.1. The fourth-order valence-electron chi connectivity index (χ4n) is 4.03. The van der Waals surface area contributed by atoms with Crippen molar-refractivity contribution in [3.63, 3.8) is 0 Å². The number of pyridine rings is 1. The van der Waals surface area contributed by atoms with Crippen LogP contribution in [0.3, 0.4) is 0 Å². The molecule has 2 aromatic heterocycles. The summed E-state index contributed by atoms with van der Waals surface area (Å²) in [6.45, 7) is 10.1. The van der Waals surface area contributed by atoms with E-state index < -0.39 is 34.4 Å². The summed E-state index contributed by atoms with van der Waals surface area (Å²) >= 11 is 0. The quantitative estimate of drug-likeness (QED) is 0.278. The van der Waals surface area contributed by atoms with E-state index in [1.165, 1.54) is 17.8 Å². The summed E-state index contributed by atoms with van der Waals surface area (Å²) < 4.78 is 35.2. The molecular weight excluding hydrogens is 530 g/mol. The van der Waals surface area contributed by atoms with Crippen LogP contribution in [0, 0.1) is 12.3 Å². The highest BCUT2D eigenvalue weighted by atomic mass is 32.2. The van der Waals surface area contributed by atoms with E-state index in [-0.39, 0.29) is 17.0 Å². The minimum atomic E-state index is -3.90. The Balaban J connectivity index is 1.65. The van der Waals surface area contributed by atoms with Gasteiger partial charge in [0.2, 0.25) is 0 Å². The molecule has 3 atom stereocenters. The lowest BCUT2D eigenvalue weighted by Gasteiger charge is -2.32. The van der Waals surface area contributed by atoms with Crippen molar-refractivity contribution in [2.75, 3.05) is 6.54 Å². The van der Waals surface area contributed by atoms with Crippen molar-refractivity contribution in [2.24, 2.45) is 5.41 Å². The van der Waals surface area contributed by atoms with Gasteiger partial charge in [0, 0.05) is 29.9 Å². The molecule has 0 spiro atoms.